The highest BCUT2D eigenvalue weighted by atomic mass is 35.5. The molecular formula is C21H23ClN4O4S. The van der Waals surface area contributed by atoms with Crippen LogP contribution in [0.3, 0.4) is 0 Å². The number of nitrogens with zero attached hydrogens (tertiary/aromatic N) is 2. The van der Waals surface area contributed by atoms with Crippen molar-refractivity contribution in [2.24, 2.45) is 5.73 Å². The van der Waals surface area contributed by atoms with E-state index < -0.39 is 16.0 Å². The second-order valence-electron chi connectivity index (χ2n) is 6.85. The summed E-state index contributed by atoms with van der Waals surface area (Å²) >= 11 is 6.13. The van der Waals surface area contributed by atoms with Crippen LogP contribution in [-0.4, -0.2) is 30.5 Å². The second-order valence-corrected chi connectivity index (χ2v) is 8.91. The Bertz CT molecular complexity index is 1190. The van der Waals surface area contributed by atoms with E-state index in [1.54, 1.807) is 16.7 Å². The van der Waals surface area contributed by atoms with Gasteiger partial charge in [0.2, 0.25) is 0 Å². The van der Waals surface area contributed by atoms with E-state index in [0.29, 0.717) is 11.4 Å². The molecule has 0 bridgehead atoms. The average Bonchev–Trinajstić information content (AvgIpc) is 3.10. The van der Waals surface area contributed by atoms with Gasteiger partial charge in [0.15, 0.2) is 0 Å². The molecular weight excluding hydrogens is 440 g/mol. The standard InChI is InChI=1S/C21H23ClN4O4S/c1-14-6-8-16(9-7-14)21-24-13-20(26(21)10-11-30-15(2)27)25-31(28,29)19-5-3-4-18(22)17(19)12-23/h3-9,13,25H,10-12,23H2,1-2H3. The van der Waals surface area contributed by atoms with Crippen molar-refractivity contribution in [3.8, 4) is 11.4 Å². The Morgan fingerprint density at radius 1 is 1.23 bits per heavy atom. The molecule has 0 saturated heterocycles. The summed E-state index contributed by atoms with van der Waals surface area (Å²) < 4.78 is 35.5. The second kappa shape index (κ2) is 9.51. The molecule has 164 valence electrons. The summed E-state index contributed by atoms with van der Waals surface area (Å²) in [7, 11) is -4.00. The van der Waals surface area contributed by atoms with Crippen molar-refractivity contribution in [2.75, 3.05) is 11.3 Å². The minimum Gasteiger partial charge on any atom is -0.464 e. The molecule has 3 rings (SSSR count). The number of ether oxygens (including phenoxy) is 1. The van der Waals surface area contributed by atoms with Gasteiger partial charge in [0.05, 0.1) is 17.6 Å². The van der Waals surface area contributed by atoms with Crippen LogP contribution in [-0.2, 0) is 32.6 Å². The number of sulfonamides is 1. The molecule has 0 unspecified atom stereocenters. The Hall–Kier alpha value is -2.88. The van der Waals surface area contributed by atoms with Gasteiger partial charge in [-0.15, -0.1) is 0 Å². The number of hydrogen-bond acceptors (Lipinski definition) is 6. The lowest BCUT2D eigenvalue weighted by atomic mass is 10.1. The van der Waals surface area contributed by atoms with Crippen LogP contribution in [0.15, 0.2) is 53.6 Å². The Morgan fingerprint density at radius 2 is 1.94 bits per heavy atom. The van der Waals surface area contributed by atoms with Gasteiger partial charge in [-0.3, -0.25) is 9.52 Å². The number of rotatable bonds is 8. The molecule has 0 radical (unpaired) electrons. The number of nitrogens with two attached hydrogens (primary N) is 1. The molecule has 1 heterocycles. The lowest BCUT2D eigenvalue weighted by Crippen LogP contribution is -2.20. The van der Waals surface area contributed by atoms with E-state index in [4.69, 9.17) is 22.1 Å². The first-order valence-electron chi connectivity index (χ1n) is 9.49. The predicted octanol–water partition coefficient (Wildman–Crippen LogP) is 3.33. The Morgan fingerprint density at radius 3 is 2.58 bits per heavy atom. The summed E-state index contributed by atoms with van der Waals surface area (Å²) in [5, 5.41) is 0.272. The monoisotopic (exact) mass is 462 g/mol. The maximum absolute atomic E-state index is 13.1. The number of carbonyl (C=O) groups is 1. The van der Waals surface area contributed by atoms with Crippen molar-refractivity contribution in [3.63, 3.8) is 0 Å². The third kappa shape index (κ3) is 5.25. The van der Waals surface area contributed by atoms with E-state index in [9.17, 15) is 13.2 Å². The van der Waals surface area contributed by atoms with Crippen LogP contribution >= 0.6 is 11.6 Å². The first kappa shape index (κ1) is 22.8. The molecule has 0 atom stereocenters. The van der Waals surface area contributed by atoms with Crippen LogP contribution in [0.4, 0.5) is 5.82 Å². The highest BCUT2D eigenvalue weighted by Gasteiger charge is 2.23. The number of esters is 1. The molecule has 0 aliphatic carbocycles. The Kier molecular flexibility index (Phi) is 6.99. The zero-order valence-corrected chi connectivity index (χ0v) is 18.7. The average molecular weight is 463 g/mol. The van der Waals surface area contributed by atoms with Crippen LogP contribution < -0.4 is 10.5 Å². The molecule has 8 nitrogen and oxygen atoms in total. The maximum atomic E-state index is 13.1. The normalized spacial score (nSPS) is 11.4. The smallest absolute Gasteiger partial charge is 0.302 e. The van der Waals surface area contributed by atoms with Crippen LogP contribution in [0, 0.1) is 6.92 Å². The Labute approximate surface area is 186 Å². The van der Waals surface area contributed by atoms with E-state index >= 15 is 0 Å². The fourth-order valence-electron chi connectivity index (χ4n) is 3.08. The molecule has 3 N–H and O–H groups in total. The number of halogens is 1. The SMILES string of the molecule is CC(=O)OCCn1c(NS(=O)(=O)c2cccc(Cl)c2CN)cnc1-c1ccc(C)cc1. The van der Waals surface area contributed by atoms with Gasteiger partial charge >= 0.3 is 5.97 Å². The largest absolute Gasteiger partial charge is 0.464 e. The molecule has 10 heteroatoms. The molecule has 0 aliphatic rings. The maximum Gasteiger partial charge on any atom is 0.302 e. The number of hydrogen-bond donors (Lipinski definition) is 2. The fourth-order valence-corrected chi connectivity index (χ4v) is 4.71. The number of aryl methyl sites for hydroxylation is 1. The van der Waals surface area contributed by atoms with Gasteiger partial charge in [0.25, 0.3) is 10.0 Å². The van der Waals surface area contributed by atoms with Crippen molar-refractivity contribution in [2.45, 2.75) is 31.8 Å². The zero-order chi connectivity index (χ0) is 22.6. The van der Waals surface area contributed by atoms with Gasteiger partial charge in [0.1, 0.15) is 18.2 Å². The minimum absolute atomic E-state index is 0.00729. The van der Waals surface area contributed by atoms with Crippen molar-refractivity contribution in [1.29, 1.82) is 0 Å². The molecule has 0 spiro atoms. The third-order valence-electron chi connectivity index (χ3n) is 4.59. The number of nitrogens with one attached hydrogen (secondary N) is 1. The van der Waals surface area contributed by atoms with E-state index in [1.165, 1.54) is 19.2 Å². The van der Waals surface area contributed by atoms with Gasteiger partial charge in [0, 0.05) is 29.6 Å². The topological polar surface area (TPSA) is 116 Å². The summed E-state index contributed by atoms with van der Waals surface area (Å²) in [5.41, 5.74) is 7.91. The highest BCUT2D eigenvalue weighted by molar-refractivity contribution is 7.92. The molecule has 1 aromatic heterocycles. The van der Waals surface area contributed by atoms with Crippen molar-refractivity contribution < 1.29 is 17.9 Å². The van der Waals surface area contributed by atoms with E-state index in [2.05, 4.69) is 9.71 Å². The zero-order valence-electron chi connectivity index (χ0n) is 17.1. The first-order valence-corrected chi connectivity index (χ1v) is 11.3. The van der Waals surface area contributed by atoms with Crippen molar-refractivity contribution >= 4 is 33.4 Å². The molecule has 0 fully saturated rings. The number of aromatic nitrogens is 2. The van der Waals surface area contributed by atoms with Crippen molar-refractivity contribution in [1.82, 2.24) is 9.55 Å². The van der Waals surface area contributed by atoms with Crippen molar-refractivity contribution in [3.05, 3.63) is 64.8 Å². The van der Waals surface area contributed by atoms with E-state index in [1.807, 2.05) is 31.2 Å². The van der Waals surface area contributed by atoms with Gasteiger partial charge in [-0.2, -0.15) is 0 Å². The number of anilines is 1. The Balaban J connectivity index is 2.01. The number of benzene rings is 2. The van der Waals surface area contributed by atoms with Crippen LogP contribution in [0.2, 0.25) is 5.02 Å². The molecule has 0 aliphatic heterocycles. The van der Waals surface area contributed by atoms with Gasteiger partial charge in [-0.25, -0.2) is 13.4 Å². The summed E-state index contributed by atoms with van der Waals surface area (Å²) in [5.74, 6) is 0.339. The lowest BCUT2D eigenvalue weighted by Gasteiger charge is -2.15. The highest BCUT2D eigenvalue weighted by Crippen LogP contribution is 2.28. The molecule has 31 heavy (non-hydrogen) atoms. The summed E-state index contributed by atoms with van der Waals surface area (Å²) in [6, 6.07) is 12.2. The summed E-state index contributed by atoms with van der Waals surface area (Å²) in [6.45, 7) is 3.52. The van der Waals surface area contributed by atoms with Crippen LogP contribution in [0.25, 0.3) is 11.4 Å². The van der Waals surface area contributed by atoms with Gasteiger partial charge < -0.3 is 15.0 Å². The molecule has 0 saturated carbocycles. The van der Waals surface area contributed by atoms with E-state index in [0.717, 1.165) is 11.1 Å². The fraction of sp³-hybridized carbons (Fsp3) is 0.238. The predicted molar refractivity (Wildman–Crippen MR) is 119 cm³/mol. The molecule has 2 aromatic carbocycles. The summed E-state index contributed by atoms with van der Waals surface area (Å²) in [4.78, 5) is 15.6. The van der Waals surface area contributed by atoms with Gasteiger partial charge in [-0.1, -0.05) is 47.5 Å². The summed E-state index contributed by atoms with van der Waals surface area (Å²) in [6.07, 6.45) is 1.42. The van der Waals surface area contributed by atoms with Gasteiger partial charge in [-0.05, 0) is 19.1 Å². The minimum atomic E-state index is -4.00. The third-order valence-corrected chi connectivity index (χ3v) is 6.39. The number of imidazole rings is 1. The van der Waals surface area contributed by atoms with Crippen LogP contribution in [0.1, 0.15) is 18.1 Å². The van der Waals surface area contributed by atoms with E-state index in [-0.39, 0.29) is 35.4 Å². The van der Waals surface area contributed by atoms with Crippen LogP contribution in [0.5, 0.6) is 0 Å². The quantitative estimate of drug-likeness (QED) is 0.496. The number of carbonyl (C=O) groups excluding carboxylic acids is 1. The molecule has 3 aromatic rings. The lowest BCUT2D eigenvalue weighted by molar-refractivity contribution is -0.141. The molecule has 0 amide bonds. The first-order chi connectivity index (χ1) is 14.7.